The van der Waals surface area contributed by atoms with Crippen LogP contribution in [-0.2, 0) is 17.9 Å². The molecule has 4 aromatic rings. The monoisotopic (exact) mass is 480 g/mol. The van der Waals surface area contributed by atoms with E-state index in [4.69, 9.17) is 9.97 Å². The summed E-state index contributed by atoms with van der Waals surface area (Å²) in [4.78, 5) is 22.0. The van der Waals surface area contributed by atoms with E-state index in [1.807, 2.05) is 54.6 Å². The van der Waals surface area contributed by atoms with Crippen molar-refractivity contribution in [3.63, 3.8) is 0 Å². The summed E-state index contributed by atoms with van der Waals surface area (Å²) in [5.74, 6) is 2.86. The van der Waals surface area contributed by atoms with Crippen LogP contribution in [0.25, 0.3) is 34.2 Å². The Labute approximate surface area is 213 Å². The zero-order chi connectivity index (χ0) is 25.5. The van der Waals surface area contributed by atoms with Crippen molar-refractivity contribution in [2.24, 2.45) is 11.8 Å². The van der Waals surface area contributed by atoms with Gasteiger partial charge in [-0.2, -0.15) is 0 Å². The first kappa shape index (κ1) is 25.4. The van der Waals surface area contributed by atoms with Crippen LogP contribution in [-0.4, -0.2) is 24.9 Å². The van der Waals surface area contributed by atoms with Crippen molar-refractivity contribution in [3.05, 3.63) is 84.5 Å². The van der Waals surface area contributed by atoms with Crippen LogP contribution in [0, 0.1) is 11.8 Å². The van der Waals surface area contributed by atoms with Gasteiger partial charge in [0.2, 0.25) is 0 Å². The van der Waals surface area contributed by atoms with Crippen LogP contribution >= 0.6 is 0 Å². The largest absolute Gasteiger partial charge is 0.324 e. The maximum Gasteiger partial charge on any atom is 0.178 e. The minimum Gasteiger partial charge on any atom is -0.324 e. The molecule has 0 atom stereocenters. The van der Waals surface area contributed by atoms with E-state index in [-0.39, 0.29) is 5.78 Å². The molecular weight excluding hydrogens is 444 g/mol. The molecule has 0 N–H and O–H groups in total. The zero-order valence-electron chi connectivity index (χ0n) is 21.8. The predicted octanol–water partition coefficient (Wildman–Crippen LogP) is 7.33. The summed E-state index contributed by atoms with van der Waals surface area (Å²) in [7, 11) is 0. The van der Waals surface area contributed by atoms with Gasteiger partial charge in [0.25, 0.3) is 0 Å². The lowest BCUT2D eigenvalue weighted by atomic mass is 10.1. The first-order valence-corrected chi connectivity index (χ1v) is 12.9. The number of aryl methyl sites for hydroxylation is 2. The number of allylic oxidation sites excluding steroid dienone is 4. The second-order valence-electron chi connectivity index (χ2n) is 10.0. The molecule has 0 spiro atoms. The van der Waals surface area contributed by atoms with Crippen LogP contribution in [0.1, 0.15) is 52.2 Å². The quantitative estimate of drug-likeness (QED) is 0.167. The molecule has 5 heteroatoms. The molecule has 0 saturated carbocycles. The fourth-order valence-corrected chi connectivity index (χ4v) is 4.19. The number of aromatic nitrogens is 4. The lowest BCUT2D eigenvalue weighted by Gasteiger charge is -2.09. The lowest BCUT2D eigenvalue weighted by molar-refractivity contribution is -0.110. The Morgan fingerprint density at radius 3 is 1.75 bits per heavy atom. The number of carbonyl (C=O) groups excluding carboxylic acids is 1. The Hall–Kier alpha value is -3.73. The Kier molecular flexibility index (Phi) is 8.32. The highest BCUT2D eigenvalue weighted by Gasteiger charge is 2.10. The number of ketones is 1. The van der Waals surface area contributed by atoms with E-state index in [2.05, 4.69) is 49.0 Å². The molecule has 2 heterocycles. The lowest BCUT2D eigenvalue weighted by Crippen LogP contribution is -2.03. The zero-order valence-corrected chi connectivity index (χ0v) is 21.8. The number of hydrogen-bond donors (Lipinski definition) is 0. The van der Waals surface area contributed by atoms with Crippen molar-refractivity contribution in [1.82, 2.24) is 19.1 Å². The number of imidazole rings is 2. The molecular formula is C31H36N4O. The molecule has 0 aliphatic carbocycles. The van der Waals surface area contributed by atoms with Gasteiger partial charge in [0.05, 0.1) is 22.1 Å². The van der Waals surface area contributed by atoms with Crippen molar-refractivity contribution in [3.8, 4) is 0 Å². The Bertz CT molecular complexity index is 1420. The number of para-hydroxylation sites is 4. The van der Waals surface area contributed by atoms with E-state index in [9.17, 15) is 4.79 Å². The van der Waals surface area contributed by atoms with Crippen LogP contribution in [0.4, 0.5) is 0 Å². The van der Waals surface area contributed by atoms with E-state index in [1.165, 1.54) is 0 Å². The van der Waals surface area contributed by atoms with Gasteiger partial charge < -0.3 is 9.13 Å². The summed E-state index contributed by atoms with van der Waals surface area (Å²) >= 11 is 0. The summed E-state index contributed by atoms with van der Waals surface area (Å²) in [6, 6.07) is 16.3. The van der Waals surface area contributed by atoms with Gasteiger partial charge in [0.1, 0.15) is 11.6 Å². The van der Waals surface area contributed by atoms with Crippen molar-refractivity contribution in [2.45, 2.75) is 53.6 Å². The van der Waals surface area contributed by atoms with Crippen LogP contribution in [0.15, 0.2) is 72.8 Å². The average molecular weight is 481 g/mol. The molecule has 2 aromatic heterocycles. The van der Waals surface area contributed by atoms with Crippen molar-refractivity contribution in [2.75, 3.05) is 0 Å². The molecule has 0 radical (unpaired) electrons. The number of nitrogens with zero attached hydrogens (tertiary/aromatic N) is 4. The SMILES string of the molecule is CC(C)CCn1c(/C=C/C=C/C(=O)/C=C/c2nc3ccccc3n2CCC(C)C)nc2ccccc21. The normalized spacial score (nSPS) is 12.6. The van der Waals surface area contributed by atoms with Gasteiger partial charge in [0.15, 0.2) is 5.78 Å². The molecule has 4 rings (SSSR count). The minimum atomic E-state index is -0.0737. The summed E-state index contributed by atoms with van der Waals surface area (Å²) in [6.45, 7) is 10.7. The highest BCUT2D eigenvalue weighted by atomic mass is 16.1. The van der Waals surface area contributed by atoms with E-state index < -0.39 is 0 Å². The van der Waals surface area contributed by atoms with Crippen molar-refractivity contribution >= 4 is 40.0 Å². The minimum absolute atomic E-state index is 0.0737. The van der Waals surface area contributed by atoms with Crippen LogP contribution in [0.2, 0.25) is 0 Å². The van der Waals surface area contributed by atoms with Gasteiger partial charge >= 0.3 is 0 Å². The van der Waals surface area contributed by atoms with E-state index in [0.717, 1.165) is 59.6 Å². The number of fused-ring (bicyclic) bond motifs is 2. The highest BCUT2D eigenvalue weighted by molar-refractivity contribution is 6.02. The number of carbonyl (C=O) groups is 1. The third kappa shape index (κ3) is 6.28. The van der Waals surface area contributed by atoms with Gasteiger partial charge in [-0.15, -0.1) is 0 Å². The Morgan fingerprint density at radius 1 is 0.722 bits per heavy atom. The molecule has 0 aliphatic heterocycles. The summed E-state index contributed by atoms with van der Waals surface area (Å²) in [6.07, 6.45) is 12.8. The fourth-order valence-electron chi connectivity index (χ4n) is 4.19. The van der Waals surface area contributed by atoms with Gasteiger partial charge in [-0.1, -0.05) is 64.1 Å². The molecule has 0 unspecified atom stereocenters. The molecule has 0 aliphatic rings. The molecule has 5 nitrogen and oxygen atoms in total. The van der Waals surface area contributed by atoms with E-state index in [1.54, 1.807) is 18.2 Å². The number of hydrogen-bond acceptors (Lipinski definition) is 3. The van der Waals surface area contributed by atoms with Crippen LogP contribution in [0.5, 0.6) is 0 Å². The molecule has 0 bridgehead atoms. The van der Waals surface area contributed by atoms with Crippen molar-refractivity contribution in [1.29, 1.82) is 0 Å². The second kappa shape index (κ2) is 11.8. The maximum atomic E-state index is 12.5. The van der Waals surface area contributed by atoms with E-state index in [0.29, 0.717) is 11.8 Å². The molecule has 0 fully saturated rings. The smallest absolute Gasteiger partial charge is 0.178 e. The Balaban J connectivity index is 1.47. The summed E-state index contributed by atoms with van der Waals surface area (Å²) in [5.41, 5.74) is 4.18. The molecule has 186 valence electrons. The maximum absolute atomic E-state index is 12.5. The standard InChI is InChI=1S/C31H36N4O/c1-23(2)19-21-34-28-14-8-6-12-26(28)32-30(34)16-10-5-11-25(36)17-18-31-33-27-13-7-9-15-29(27)35(31)22-20-24(3)4/h5-18,23-24H,19-22H2,1-4H3/b11-5+,16-10+,18-17+. The number of benzene rings is 2. The van der Waals surface area contributed by atoms with Gasteiger partial charge in [-0.25, -0.2) is 9.97 Å². The average Bonchev–Trinajstić information content (AvgIpc) is 3.40. The molecule has 0 saturated heterocycles. The Morgan fingerprint density at radius 2 is 1.22 bits per heavy atom. The predicted molar refractivity (Wildman–Crippen MR) is 151 cm³/mol. The van der Waals surface area contributed by atoms with Gasteiger partial charge in [-0.05, 0) is 73.2 Å². The topological polar surface area (TPSA) is 52.7 Å². The van der Waals surface area contributed by atoms with Gasteiger partial charge in [-0.3, -0.25) is 4.79 Å². The fraction of sp³-hybridized carbons (Fsp3) is 0.323. The summed E-state index contributed by atoms with van der Waals surface area (Å²) < 4.78 is 4.45. The van der Waals surface area contributed by atoms with E-state index >= 15 is 0 Å². The second-order valence-corrected chi connectivity index (χ2v) is 10.0. The summed E-state index contributed by atoms with van der Waals surface area (Å²) in [5, 5.41) is 0. The van der Waals surface area contributed by atoms with Crippen molar-refractivity contribution < 1.29 is 4.79 Å². The number of rotatable bonds is 11. The molecule has 0 amide bonds. The highest BCUT2D eigenvalue weighted by Crippen LogP contribution is 2.20. The third-order valence-corrected chi connectivity index (χ3v) is 6.24. The molecule has 2 aromatic carbocycles. The van der Waals surface area contributed by atoms with Crippen LogP contribution < -0.4 is 0 Å². The molecule has 36 heavy (non-hydrogen) atoms. The first-order valence-electron chi connectivity index (χ1n) is 12.9. The third-order valence-electron chi connectivity index (χ3n) is 6.24. The first-order chi connectivity index (χ1) is 17.4. The van der Waals surface area contributed by atoms with Gasteiger partial charge in [0, 0.05) is 13.1 Å². The van der Waals surface area contributed by atoms with Crippen LogP contribution in [0.3, 0.4) is 0 Å².